The second-order valence-electron chi connectivity index (χ2n) is 10.8. The molecule has 310 valence electrons. The summed E-state index contributed by atoms with van der Waals surface area (Å²) in [5.74, 6) is 0. The van der Waals surface area contributed by atoms with E-state index in [9.17, 15) is 22.8 Å². The van der Waals surface area contributed by atoms with Gasteiger partial charge >= 0.3 is 39.1 Å². The topological polar surface area (TPSA) is 224 Å². The standard InChI is InChI=1S/C24H57N3O20P5/c1-10-25(11-2,12-3)45-50(30)39-20-35-48(28)33-19-34-49(29,36-21-40-50)38-23-42-52(32,47-27(16-7,17-8)18-9)44-24-43-51(31,41-22-37-48)46-26(13-4,14-5)15-6/h10-24H2,1-9H3/q+3. The Morgan fingerprint density at radius 2 is 0.481 bits per heavy atom. The number of hydrogen-bond acceptors (Lipinski definition) is 20. The molecule has 0 saturated carbocycles. The summed E-state index contributed by atoms with van der Waals surface area (Å²) in [5.41, 5.74) is 0. The molecule has 0 radical (unpaired) electrons. The van der Waals surface area contributed by atoms with E-state index in [1.54, 1.807) is 62.3 Å². The van der Waals surface area contributed by atoms with Gasteiger partial charge < -0.3 is 0 Å². The van der Waals surface area contributed by atoms with Crippen molar-refractivity contribution in [2.45, 2.75) is 62.3 Å². The first-order valence-electron chi connectivity index (χ1n) is 16.9. The monoisotopic (exact) mass is 862 g/mol. The average molecular weight is 863 g/mol. The Bertz CT molecular complexity index is 1230. The lowest BCUT2D eigenvalue weighted by atomic mass is 10.5. The van der Waals surface area contributed by atoms with Crippen molar-refractivity contribution < 1.29 is 105 Å². The fourth-order valence-corrected chi connectivity index (χ4v) is 10.5. The van der Waals surface area contributed by atoms with Crippen molar-refractivity contribution in [2.75, 3.05) is 99.7 Å². The Morgan fingerprint density at radius 1 is 0.327 bits per heavy atom. The van der Waals surface area contributed by atoms with Crippen LogP contribution in [0.4, 0.5) is 0 Å². The number of hydroxylamine groups is 9. The summed E-state index contributed by atoms with van der Waals surface area (Å²) in [4.78, 5) is 0. The van der Waals surface area contributed by atoms with Crippen molar-refractivity contribution in [3.63, 3.8) is 0 Å². The second-order valence-corrected chi connectivity index (χ2v) is 18.8. The van der Waals surface area contributed by atoms with Crippen LogP contribution in [0.15, 0.2) is 0 Å². The van der Waals surface area contributed by atoms with Gasteiger partial charge in [0, 0.05) is 0 Å². The van der Waals surface area contributed by atoms with Gasteiger partial charge in [-0.1, -0.05) is 13.9 Å². The number of hydrogen-bond donors (Lipinski definition) is 0. The van der Waals surface area contributed by atoms with Gasteiger partial charge in [-0.25, -0.2) is 22.8 Å². The quantitative estimate of drug-likeness (QED) is 0.0925. The van der Waals surface area contributed by atoms with Crippen molar-refractivity contribution in [3.8, 4) is 0 Å². The second kappa shape index (κ2) is 21.3. The van der Waals surface area contributed by atoms with E-state index in [1.807, 2.05) is 0 Å². The minimum absolute atomic E-state index is 0.237. The first-order chi connectivity index (χ1) is 24.4. The summed E-state index contributed by atoms with van der Waals surface area (Å²) in [6, 6.07) is 0. The predicted octanol–water partition coefficient (Wildman–Crippen LogP) is 6.92. The Morgan fingerprint density at radius 3 is 0.654 bits per heavy atom. The van der Waals surface area contributed by atoms with Gasteiger partial charge in [0.15, 0.2) is 40.8 Å². The lowest BCUT2D eigenvalue weighted by molar-refractivity contribution is -1.08. The molecule has 0 aliphatic carbocycles. The van der Waals surface area contributed by atoms with E-state index in [4.69, 9.17) is 68.2 Å². The average Bonchev–Trinajstić information content (AvgIpc) is 3.11. The number of nitrogens with zero attached hydrogens (tertiary/aromatic N) is 3. The zero-order valence-corrected chi connectivity index (χ0v) is 35.8. The minimum atomic E-state index is -4.90. The first-order valence-corrected chi connectivity index (χ1v) is 24.2. The summed E-state index contributed by atoms with van der Waals surface area (Å²) in [5, 5.41) is 0. The lowest BCUT2D eigenvalue weighted by Crippen LogP contribution is -2.47. The third-order valence-corrected chi connectivity index (χ3v) is 15.2. The minimum Gasteiger partial charge on any atom is -0.259 e. The van der Waals surface area contributed by atoms with Crippen LogP contribution < -0.4 is 0 Å². The highest BCUT2D eigenvalue weighted by atomic mass is 31.2. The van der Waals surface area contributed by atoms with Crippen LogP contribution in [0, 0.1) is 0 Å². The lowest BCUT2D eigenvalue weighted by Gasteiger charge is -2.35. The number of quaternary nitrogens is 3. The van der Waals surface area contributed by atoms with E-state index in [1.165, 1.54) is 0 Å². The first kappa shape index (κ1) is 48.6. The molecular formula is C24H57N3O20P5+3. The van der Waals surface area contributed by atoms with E-state index in [0.29, 0.717) is 58.9 Å². The van der Waals surface area contributed by atoms with Crippen molar-refractivity contribution in [3.05, 3.63) is 0 Å². The summed E-state index contributed by atoms with van der Waals surface area (Å²) >= 11 is 0. The molecule has 2 saturated heterocycles. The van der Waals surface area contributed by atoms with Gasteiger partial charge in [-0.15, -0.1) is 0 Å². The third-order valence-electron chi connectivity index (χ3n) is 8.54. The molecule has 2 fully saturated rings. The Kier molecular flexibility index (Phi) is 19.9. The molecule has 0 amide bonds. The Labute approximate surface area is 305 Å². The predicted molar refractivity (Wildman–Crippen MR) is 179 cm³/mol. The third kappa shape index (κ3) is 14.1. The van der Waals surface area contributed by atoms with Gasteiger partial charge in [-0.3, -0.25) is 54.3 Å². The molecule has 0 aromatic carbocycles. The number of phosphoric ester groups is 5. The molecule has 23 nitrogen and oxygen atoms in total. The largest absolute Gasteiger partial charge is 0.525 e. The van der Waals surface area contributed by atoms with Gasteiger partial charge in [0.05, 0.1) is 0 Å². The number of phosphoric acid groups is 5. The molecule has 2 aliphatic heterocycles. The van der Waals surface area contributed by atoms with E-state index < -0.39 is 79.9 Å². The molecular weight excluding hydrogens is 805 g/mol. The summed E-state index contributed by atoms with van der Waals surface area (Å²) in [6.07, 6.45) is 0. The normalized spacial score (nSPS) is 33.0. The van der Waals surface area contributed by atoms with Crippen LogP contribution in [0.1, 0.15) is 62.3 Å². The molecule has 0 aromatic rings. The molecule has 28 heteroatoms. The van der Waals surface area contributed by atoms with E-state index in [-0.39, 0.29) is 13.9 Å². The number of rotatable bonds is 15. The van der Waals surface area contributed by atoms with Crippen molar-refractivity contribution >= 4 is 39.1 Å². The van der Waals surface area contributed by atoms with Crippen LogP contribution in [0.25, 0.3) is 0 Å². The van der Waals surface area contributed by atoms with Gasteiger partial charge in [-0.05, 0) is 62.3 Å². The van der Waals surface area contributed by atoms with Gasteiger partial charge in [0.2, 0.25) is 0 Å². The maximum absolute atomic E-state index is 14.0. The Hall–Kier alpha value is 0.430. The maximum Gasteiger partial charge on any atom is 0.525 e. The van der Waals surface area contributed by atoms with Crippen molar-refractivity contribution in [1.29, 1.82) is 0 Å². The van der Waals surface area contributed by atoms with Crippen LogP contribution in [0.2, 0.25) is 0 Å². The molecule has 0 spiro atoms. The molecule has 2 rings (SSSR count). The van der Waals surface area contributed by atoms with Crippen LogP contribution in [0.3, 0.4) is 0 Å². The molecule has 0 aromatic heterocycles. The zero-order valence-electron chi connectivity index (χ0n) is 31.3. The maximum atomic E-state index is 14.0. The van der Waals surface area contributed by atoms with Crippen molar-refractivity contribution in [2.24, 2.45) is 0 Å². The summed E-state index contributed by atoms with van der Waals surface area (Å²) in [6.45, 7) is 11.9. The Balaban J connectivity index is 2.59. The van der Waals surface area contributed by atoms with Crippen molar-refractivity contribution in [1.82, 2.24) is 0 Å². The molecule has 52 heavy (non-hydrogen) atoms. The number of fused-ring (bicyclic) bond motifs is 4. The van der Waals surface area contributed by atoms with Crippen LogP contribution in [-0.2, 0) is 91.0 Å². The molecule has 2 bridgehead atoms. The highest BCUT2D eigenvalue weighted by Crippen LogP contribution is 2.61. The van der Waals surface area contributed by atoms with Gasteiger partial charge in [0.1, 0.15) is 58.9 Å². The molecule has 0 N–H and O–H groups in total. The van der Waals surface area contributed by atoms with E-state index in [0.717, 1.165) is 0 Å². The molecule has 4 unspecified atom stereocenters. The molecule has 2 aliphatic rings. The van der Waals surface area contributed by atoms with Crippen LogP contribution in [-0.4, -0.2) is 114 Å². The highest BCUT2D eigenvalue weighted by molar-refractivity contribution is 7.50. The summed E-state index contributed by atoms with van der Waals surface area (Å²) < 4.78 is 149. The fraction of sp³-hybridized carbons (Fsp3) is 1.00. The van der Waals surface area contributed by atoms with Crippen LogP contribution in [0.5, 0.6) is 0 Å². The molecule has 4 atom stereocenters. The molecule has 2 heterocycles. The SMILES string of the molecule is CC[N+](CC)(CC)OP1(=O)OCOP2(=O)OCOP(=O)(OCO1)OCOP(=O)(O[N+](CC)(CC)CC)OCOP(=O)(O[N+](CC)(CC)CC)OCO2. The fourth-order valence-electron chi connectivity index (χ4n) is 4.56. The zero-order chi connectivity index (χ0) is 39.2. The van der Waals surface area contributed by atoms with E-state index >= 15 is 0 Å². The van der Waals surface area contributed by atoms with Gasteiger partial charge in [0.25, 0.3) is 0 Å². The van der Waals surface area contributed by atoms with E-state index in [2.05, 4.69) is 0 Å². The summed E-state index contributed by atoms with van der Waals surface area (Å²) in [7, 11) is -24.0. The van der Waals surface area contributed by atoms with Crippen LogP contribution >= 0.6 is 39.1 Å². The smallest absolute Gasteiger partial charge is 0.259 e. The van der Waals surface area contributed by atoms with Gasteiger partial charge in [-0.2, -0.15) is 13.9 Å². The highest BCUT2D eigenvalue weighted by Gasteiger charge is 2.47.